The normalized spacial score (nSPS) is 11.6. The van der Waals surface area contributed by atoms with Gasteiger partial charge >= 0.3 is 0 Å². The number of hydrogen-bond acceptors (Lipinski definition) is 3. The number of hydrogen-bond donors (Lipinski definition) is 2. The molecule has 23 heavy (non-hydrogen) atoms. The van der Waals surface area contributed by atoms with Gasteiger partial charge in [-0.3, -0.25) is 4.79 Å². The van der Waals surface area contributed by atoms with Crippen LogP contribution < -0.4 is 15.4 Å². The quantitative estimate of drug-likeness (QED) is 0.804. The average Bonchev–Trinajstić information content (AvgIpc) is 2.54. The SMILES string of the molecule is CCC(C)Oc1cccc(NC(=O)CNc2ccc(C)cc2)c1. The lowest BCUT2D eigenvalue weighted by atomic mass is 10.2. The first-order chi connectivity index (χ1) is 11.1. The predicted octanol–water partition coefficient (Wildman–Crippen LogP) is 4.22. The minimum atomic E-state index is -0.0914. The van der Waals surface area contributed by atoms with Crippen molar-refractivity contribution in [3.8, 4) is 5.75 Å². The summed E-state index contributed by atoms with van der Waals surface area (Å²) in [5.74, 6) is 0.676. The van der Waals surface area contributed by atoms with Crippen molar-refractivity contribution in [3.05, 3.63) is 54.1 Å². The lowest BCUT2D eigenvalue weighted by molar-refractivity contribution is -0.114. The van der Waals surface area contributed by atoms with Gasteiger partial charge in [0, 0.05) is 17.4 Å². The molecule has 0 heterocycles. The smallest absolute Gasteiger partial charge is 0.243 e. The monoisotopic (exact) mass is 312 g/mol. The molecule has 4 nitrogen and oxygen atoms in total. The Balaban J connectivity index is 1.87. The molecule has 0 radical (unpaired) electrons. The molecule has 0 bridgehead atoms. The third-order valence-corrected chi connectivity index (χ3v) is 3.53. The molecule has 2 aromatic carbocycles. The van der Waals surface area contributed by atoms with Crippen LogP contribution in [-0.4, -0.2) is 18.6 Å². The first-order valence-corrected chi connectivity index (χ1v) is 7.94. The van der Waals surface area contributed by atoms with Gasteiger partial charge in [-0.2, -0.15) is 0 Å². The second-order valence-electron chi connectivity index (χ2n) is 5.63. The summed E-state index contributed by atoms with van der Waals surface area (Å²) >= 11 is 0. The Hall–Kier alpha value is -2.49. The highest BCUT2D eigenvalue weighted by Crippen LogP contribution is 2.19. The van der Waals surface area contributed by atoms with E-state index >= 15 is 0 Å². The number of carbonyl (C=O) groups is 1. The van der Waals surface area contributed by atoms with Crippen LogP contribution in [0, 0.1) is 6.92 Å². The number of rotatable bonds is 7. The molecule has 1 amide bonds. The van der Waals surface area contributed by atoms with Crippen LogP contribution in [0.4, 0.5) is 11.4 Å². The fourth-order valence-corrected chi connectivity index (χ4v) is 2.02. The summed E-state index contributed by atoms with van der Waals surface area (Å²) in [5, 5.41) is 5.98. The van der Waals surface area contributed by atoms with Crippen molar-refractivity contribution in [3.63, 3.8) is 0 Å². The zero-order chi connectivity index (χ0) is 16.7. The first kappa shape index (κ1) is 16.9. The van der Waals surface area contributed by atoms with Gasteiger partial charge in [-0.1, -0.05) is 30.7 Å². The van der Waals surface area contributed by atoms with Crippen LogP contribution in [0.2, 0.25) is 0 Å². The second-order valence-corrected chi connectivity index (χ2v) is 5.63. The van der Waals surface area contributed by atoms with E-state index in [0.29, 0.717) is 0 Å². The molecule has 0 fully saturated rings. The zero-order valence-electron chi connectivity index (χ0n) is 13.9. The Bertz CT molecular complexity index is 638. The van der Waals surface area contributed by atoms with Crippen LogP contribution in [0.5, 0.6) is 5.75 Å². The van der Waals surface area contributed by atoms with Crippen molar-refractivity contribution >= 4 is 17.3 Å². The van der Waals surface area contributed by atoms with Crippen molar-refractivity contribution in [2.75, 3.05) is 17.2 Å². The van der Waals surface area contributed by atoms with E-state index in [2.05, 4.69) is 17.6 Å². The van der Waals surface area contributed by atoms with Gasteiger partial charge in [-0.25, -0.2) is 0 Å². The van der Waals surface area contributed by atoms with Crippen molar-refractivity contribution in [1.29, 1.82) is 0 Å². The molecule has 0 aromatic heterocycles. The Morgan fingerprint density at radius 1 is 1.13 bits per heavy atom. The predicted molar refractivity (Wildman–Crippen MR) is 95.1 cm³/mol. The Morgan fingerprint density at radius 2 is 1.87 bits per heavy atom. The van der Waals surface area contributed by atoms with E-state index < -0.39 is 0 Å². The molecule has 2 aromatic rings. The number of nitrogens with one attached hydrogen (secondary N) is 2. The Labute approximate surface area is 137 Å². The minimum absolute atomic E-state index is 0.0914. The minimum Gasteiger partial charge on any atom is -0.491 e. The van der Waals surface area contributed by atoms with Gasteiger partial charge in [0.15, 0.2) is 0 Å². The molecular formula is C19H24N2O2. The average molecular weight is 312 g/mol. The highest BCUT2D eigenvalue weighted by Gasteiger charge is 2.05. The fourth-order valence-electron chi connectivity index (χ4n) is 2.02. The van der Waals surface area contributed by atoms with E-state index in [0.717, 1.165) is 23.5 Å². The van der Waals surface area contributed by atoms with Crippen LogP contribution in [0.1, 0.15) is 25.8 Å². The summed E-state index contributed by atoms with van der Waals surface area (Å²) in [6, 6.07) is 15.4. The number of carbonyl (C=O) groups excluding carboxylic acids is 1. The Morgan fingerprint density at radius 3 is 2.57 bits per heavy atom. The lowest BCUT2D eigenvalue weighted by Crippen LogP contribution is -2.21. The van der Waals surface area contributed by atoms with Crippen molar-refractivity contribution in [1.82, 2.24) is 0 Å². The largest absolute Gasteiger partial charge is 0.491 e. The summed E-state index contributed by atoms with van der Waals surface area (Å²) < 4.78 is 5.76. The third-order valence-electron chi connectivity index (χ3n) is 3.53. The molecule has 0 aliphatic rings. The molecule has 2 N–H and O–H groups in total. The van der Waals surface area contributed by atoms with Gasteiger partial charge in [0.2, 0.25) is 5.91 Å². The van der Waals surface area contributed by atoms with Gasteiger partial charge < -0.3 is 15.4 Å². The molecular weight excluding hydrogens is 288 g/mol. The maximum Gasteiger partial charge on any atom is 0.243 e. The summed E-state index contributed by atoms with van der Waals surface area (Å²) in [4.78, 5) is 12.0. The number of benzene rings is 2. The molecule has 4 heteroatoms. The standard InChI is InChI=1S/C19H24N2O2/c1-4-15(3)23-18-7-5-6-17(12-18)21-19(22)13-20-16-10-8-14(2)9-11-16/h5-12,15,20H,4,13H2,1-3H3,(H,21,22). The van der Waals surface area contributed by atoms with E-state index in [-0.39, 0.29) is 18.6 Å². The van der Waals surface area contributed by atoms with Crippen LogP contribution in [0.15, 0.2) is 48.5 Å². The maximum absolute atomic E-state index is 12.0. The van der Waals surface area contributed by atoms with Gasteiger partial charge in [0.25, 0.3) is 0 Å². The van der Waals surface area contributed by atoms with Crippen molar-refractivity contribution < 1.29 is 9.53 Å². The number of anilines is 2. The van der Waals surface area contributed by atoms with Crippen molar-refractivity contribution in [2.24, 2.45) is 0 Å². The second kappa shape index (κ2) is 8.22. The summed E-state index contributed by atoms with van der Waals surface area (Å²) in [7, 11) is 0. The molecule has 122 valence electrons. The van der Waals surface area contributed by atoms with E-state index in [1.54, 1.807) is 0 Å². The van der Waals surface area contributed by atoms with E-state index in [1.807, 2.05) is 62.4 Å². The Kier molecular flexibility index (Phi) is 6.03. The number of amides is 1. The van der Waals surface area contributed by atoms with E-state index in [1.165, 1.54) is 5.56 Å². The third kappa shape index (κ3) is 5.66. The molecule has 0 saturated heterocycles. The maximum atomic E-state index is 12.0. The number of aryl methyl sites for hydroxylation is 1. The number of ether oxygens (including phenoxy) is 1. The van der Waals surface area contributed by atoms with Gasteiger partial charge in [-0.15, -0.1) is 0 Å². The van der Waals surface area contributed by atoms with Gasteiger partial charge in [0.1, 0.15) is 5.75 Å². The molecule has 1 unspecified atom stereocenters. The zero-order valence-corrected chi connectivity index (χ0v) is 13.9. The van der Waals surface area contributed by atoms with Crippen LogP contribution in [0.25, 0.3) is 0 Å². The lowest BCUT2D eigenvalue weighted by Gasteiger charge is -2.14. The topological polar surface area (TPSA) is 50.4 Å². The van der Waals surface area contributed by atoms with Gasteiger partial charge in [0.05, 0.1) is 12.6 Å². The molecule has 1 atom stereocenters. The summed E-state index contributed by atoms with van der Waals surface area (Å²) in [6.07, 6.45) is 1.10. The van der Waals surface area contributed by atoms with E-state index in [9.17, 15) is 4.79 Å². The molecule has 0 aliphatic heterocycles. The summed E-state index contributed by atoms with van der Waals surface area (Å²) in [5.41, 5.74) is 2.86. The van der Waals surface area contributed by atoms with E-state index in [4.69, 9.17) is 4.74 Å². The van der Waals surface area contributed by atoms with Crippen LogP contribution >= 0.6 is 0 Å². The van der Waals surface area contributed by atoms with Crippen molar-refractivity contribution in [2.45, 2.75) is 33.3 Å². The molecule has 2 rings (SSSR count). The van der Waals surface area contributed by atoms with Crippen LogP contribution in [-0.2, 0) is 4.79 Å². The molecule has 0 saturated carbocycles. The highest BCUT2D eigenvalue weighted by molar-refractivity contribution is 5.93. The van der Waals surface area contributed by atoms with Crippen LogP contribution in [0.3, 0.4) is 0 Å². The first-order valence-electron chi connectivity index (χ1n) is 7.94. The highest BCUT2D eigenvalue weighted by atomic mass is 16.5. The fraction of sp³-hybridized carbons (Fsp3) is 0.316. The van der Waals surface area contributed by atoms with Gasteiger partial charge in [-0.05, 0) is 44.5 Å². The molecule has 0 aliphatic carbocycles. The summed E-state index contributed by atoms with van der Waals surface area (Å²) in [6.45, 7) is 6.36. The molecule has 0 spiro atoms.